The minimum atomic E-state index is -0.0339. The van der Waals surface area contributed by atoms with Crippen LogP contribution in [0.5, 0.6) is 5.75 Å². The highest BCUT2D eigenvalue weighted by molar-refractivity contribution is 5.79. The Balaban J connectivity index is 1.69. The molecule has 1 fully saturated rings. The summed E-state index contributed by atoms with van der Waals surface area (Å²) in [4.78, 5) is 26.1. The van der Waals surface area contributed by atoms with Crippen LogP contribution in [0.2, 0.25) is 0 Å². The topological polar surface area (TPSA) is 70.7 Å². The monoisotopic (exact) mass is 347 g/mol. The number of methoxy groups -OCH3 is 1. The molecule has 0 unspecified atom stereocenters. The van der Waals surface area contributed by atoms with E-state index in [1.54, 1.807) is 12.0 Å². The molecular formula is C19H29N3O3. The lowest BCUT2D eigenvalue weighted by Crippen LogP contribution is -2.48. The molecule has 0 radical (unpaired) electrons. The van der Waals surface area contributed by atoms with Crippen molar-refractivity contribution in [2.24, 2.45) is 5.92 Å². The summed E-state index contributed by atoms with van der Waals surface area (Å²) in [5.41, 5.74) is 1.17. The molecule has 1 aromatic carbocycles. The molecule has 1 aromatic rings. The van der Waals surface area contributed by atoms with Gasteiger partial charge in [-0.25, -0.2) is 4.79 Å². The first-order valence-corrected chi connectivity index (χ1v) is 8.95. The van der Waals surface area contributed by atoms with Crippen LogP contribution in [0.3, 0.4) is 0 Å². The van der Waals surface area contributed by atoms with E-state index in [1.165, 1.54) is 5.56 Å². The fraction of sp³-hybridized carbons (Fsp3) is 0.579. The first kappa shape index (κ1) is 19.1. The summed E-state index contributed by atoms with van der Waals surface area (Å²) in [6.45, 7) is 5.78. The molecular weight excluding hydrogens is 318 g/mol. The van der Waals surface area contributed by atoms with Crippen molar-refractivity contribution in [3.05, 3.63) is 29.8 Å². The SMILES string of the molecule is COc1ccc(CCNC(=O)C2CCN(C(=O)NC(C)C)CC2)cc1. The van der Waals surface area contributed by atoms with Gasteiger partial charge >= 0.3 is 6.03 Å². The van der Waals surface area contributed by atoms with Gasteiger partial charge in [-0.1, -0.05) is 12.1 Å². The fourth-order valence-electron chi connectivity index (χ4n) is 2.95. The van der Waals surface area contributed by atoms with Crippen LogP contribution in [0.4, 0.5) is 4.79 Å². The average Bonchev–Trinajstić information content (AvgIpc) is 2.61. The molecule has 138 valence electrons. The molecule has 6 heteroatoms. The van der Waals surface area contributed by atoms with E-state index in [0.29, 0.717) is 19.6 Å². The van der Waals surface area contributed by atoms with Gasteiger partial charge in [0.15, 0.2) is 0 Å². The summed E-state index contributed by atoms with van der Waals surface area (Å²) in [6, 6.07) is 7.97. The Kier molecular flexibility index (Phi) is 7.10. The van der Waals surface area contributed by atoms with Crippen LogP contribution in [-0.4, -0.2) is 49.6 Å². The van der Waals surface area contributed by atoms with Gasteiger partial charge in [0.1, 0.15) is 5.75 Å². The highest BCUT2D eigenvalue weighted by Crippen LogP contribution is 2.17. The molecule has 0 atom stereocenters. The molecule has 0 saturated carbocycles. The lowest BCUT2D eigenvalue weighted by molar-refractivity contribution is -0.126. The number of ether oxygens (including phenoxy) is 1. The summed E-state index contributed by atoms with van der Waals surface area (Å²) in [6.07, 6.45) is 2.24. The van der Waals surface area contributed by atoms with E-state index in [0.717, 1.165) is 25.0 Å². The Morgan fingerprint density at radius 2 is 1.84 bits per heavy atom. The van der Waals surface area contributed by atoms with Crippen molar-refractivity contribution >= 4 is 11.9 Å². The third kappa shape index (κ3) is 5.96. The maximum atomic E-state index is 12.3. The number of likely N-dealkylation sites (tertiary alicyclic amines) is 1. The highest BCUT2D eigenvalue weighted by atomic mass is 16.5. The molecule has 6 nitrogen and oxygen atoms in total. The van der Waals surface area contributed by atoms with Gasteiger partial charge in [-0.05, 0) is 50.8 Å². The van der Waals surface area contributed by atoms with Crippen molar-refractivity contribution in [2.45, 2.75) is 39.2 Å². The number of nitrogens with zero attached hydrogens (tertiary/aromatic N) is 1. The summed E-state index contributed by atoms with van der Waals surface area (Å²) in [5, 5.41) is 5.91. The predicted octanol–water partition coefficient (Wildman–Crippen LogP) is 2.18. The summed E-state index contributed by atoms with van der Waals surface area (Å²) in [7, 11) is 1.65. The number of piperidine rings is 1. The van der Waals surface area contributed by atoms with Crippen LogP contribution in [0.25, 0.3) is 0 Å². The molecule has 25 heavy (non-hydrogen) atoms. The summed E-state index contributed by atoms with van der Waals surface area (Å²) in [5.74, 6) is 0.928. The van der Waals surface area contributed by atoms with Gasteiger partial charge in [0.2, 0.25) is 5.91 Å². The summed E-state index contributed by atoms with van der Waals surface area (Å²) >= 11 is 0. The van der Waals surface area contributed by atoms with Crippen LogP contribution < -0.4 is 15.4 Å². The zero-order valence-corrected chi connectivity index (χ0v) is 15.4. The number of carbonyl (C=O) groups is 2. The third-order valence-corrected chi connectivity index (χ3v) is 4.44. The van der Waals surface area contributed by atoms with E-state index >= 15 is 0 Å². The van der Waals surface area contributed by atoms with Crippen LogP contribution in [-0.2, 0) is 11.2 Å². The number of nitrogens with one attached hydrogen (secondary N) is 2. The van der Waals surface area contributed by atoms with Gasteiger partial charge in [-0.3, -0.25) is 4.79 Å². The lowest BCUT2D eigenvalue weighted by Gasteiger charge is -2.32. The molecule has 1 aliphatic heterocycles. The van der Waals surface area contributed by atoms with Crippen molar-refractivity contribution in [1.29, 1.82) is 0 Å². The quantitative estimate of drug-likeness (QED) is 0.829. The molecule has 0 spiro atoms. The Labute approximate surface area is 149 Å². The number of hydrogen-bond acceptors (Lipinski definition) is 3. The second-order valence-corrected chi connectivity index (χ2v) is 6.75. The van der Waals surface area contributed by atoms with E-state index < -0.39 is 0 Å². The predicted molar refractivity (Wildman–Crippen MR) is 97.7 cm³/mol. The van der Waals surface area contributed by atoms with E-state index in [1.807, 2.05) is 38.1 Å². The number of hydrogen-bond donors (Lipinski definition) is 2. The molecule has 3 amide bonds. The molecule has 1 heterocycles. The molecule has 0 aromatic heterocycles. The van der Waals surface area contributed by atoms with Gasteiger partial charge in [0.25, 0.3) is 0 Å². The van der Waals surface area contributed by atoms with Gasteiger partial charge < -0.3 is 20.3 Å². The second-order valence-electron chi connectivity index (χ2n) is 6.75. The van der Waals surface area contributed by atoms with Gasteiger partial charge in [-0.2, -0.15) is 0 Å². The van der Waals surface area contributed by atoms with Gasteiger partial charge in [-0.15, -0.1) is 0 Å². The number of urea groups is 1. The maximum Gasteiger partial charge on any atom is 0.317 e. The van der Waals surface area contributed by atoms with Crippen LogP contribution in [0.1, 0.15) is 32.3 Å². The van der Waals surface area contributed by atoms with Crippen LogP contribution in [0, 0.1) is 5.92 Å². The van der Waals surface area contributed by atoms with Gasteiger partial charge in [0, 0.05) is 31.6 Å². The van der Waals surface area contributed by atoms with E-state index in [4.69, 9.17) is 4.74 Å². The minimum Gasteiger partial charge on any atom is -0.497 e. The molecule has 1 saturated heterocycles. The number of amides is 3. The zero-order chi connectivity index (χ0) is 18.2. The maximum absolute atomic E-state index is 12.3. The second kappa shape index (κ2) is 9.30. The Bertz CT molecular complexity index is 564. The number of rotatable bonds is 6. The molecule has 0 bridgehead atoms. The molecule has 1 aliphatic rings. The van der Waals surface area contributed by atoms with Crippen molar-refractivity contribution in [3.8, 4) is 5.75 Å². The van der Waals surface area contributed by atoms with Crippen molar-refractivity contribution in [3.63, 3.8) is 0 Å². The molecule has 2 N–H and O–H groups in total. The Hall–Kier alpha value is -2.24. The van der Waals surface area contributed by atoms with Crippen molar-refractivity contribution < 1.29 is 14.3 Å². The van der Waals surface area contributed by atoms with Crippen molar-refractivity contribution in [1.82, 2.24) is 15.5 Å². The van der Waals surface area contributed by atoms with Crippen molar-refractivity contribution in [2.75, 3.05) is 26.7 Å². The third-order valence-electron chi connectivity index (χ3n) is 4.44. The standard InChI is InChI=1S/C19H29N3O3/c1-14(2)21-19(24)22-12-9-16(10-13-22)18(23)20-11-8-15-4-6-17(25-3)7-5-15/h4-7,14,16H,8-13H2,1-3H3,(H,20,23)(H,21,24). The average molecular weight is 347 g/mol. The van der Waals surface area contributed by atoms with E-state index in [9.17, 15) is 9.59 Å². The van der Waals surface area contributed by atoms with E-state index in [2.05, 4.69) is 10.6 Å². The summed E-state index contributed by atoms with van der Waals surface area (Å²) < 4.78 is 5.14. The largest absolute Gasteiger partial charge is 0.497 e. The minimum absolute atomic E-state index is 0.000956. The highest BCUT2D eigenvalue weighted by Gasteiger charge is 2.27. The first-order valence-electron chi connectivity index (χ1n) is 8.95. The first-order chi connectivity index (χ1) is 12.0. The lowest BCUT2D eigenvalue weighted by atomic mass is 9.96. The van der Waals surface area contributed by atoms with Gasteiger partial charge in [0.05, 0.1) is 7.11 Å². The molecule has 0 aliphatic carbocycles. The fourth-order valence-corrected chi connectivity index (χ4v) is 2.95. The Morgan fingerprint density at radius 1 is 1.20 bits per heavy atom. The Morgan fingerprint density at radius 3 is 2.40 bits per heavy atom. The van der Waals surface area contributed by atoms with Crippen LogP contribution in [0.15, 0.2) is 24.3 Å². The van der Waals surface area contributed by atoms with E-state index in [-0.39, 0.29) is 23.9 Å². The smallest absolute Gasteiger partial charge is 0.317 e. The normalized spacial score (nSPS) is 15.1. The number of carbonyl (C=O) groups excluding carboxylic acids is 2. The molecule has 2 rings (SSSR count). The zero-order valence-electron chi connectivity index (χ0n) is 15.4. The number of benzene rings is 1. The van der Waals surface area contributed by atoms with Crippen LogP contribution >= 0.6 is 0 Å².